The molecule has 1 aliphatic rings. The Hall–Kier alpha value is -2.01. The lowest BCUT2D eigenvalue weighted by Gasteiger charge is -2.24. The number of rotatable bonds is 3. The van der Waals surface area contributed by atoms with Crippen LogP contribution < -0.4 is 10.6 Å². The van der Waals surface area contributed by atoms with Crippen molar-refractivity contribution in [2.75, 3.05) is 17.2 Å². The van der Waals surface area contributed by atoms with Gasteiger partial charge in [0.05, 0.1) is 12.2 Å². The van der Waals surface area contributed by atoms with Crippen LogP contribution in [0.4, 0.5) is 15.7 Å². The third kappa shape index (κ3) is 2.25. The van der Waals surface area contributed by atoms with Crippen molar-refractivity contribution >= 4 is 33.0 Å². The van der Waals surface area contributed by atoms with E-state index in [2.05, 4.69) is 30.0 Å². The minimum atomic E-state index is -0.333. The van der Waals surface area contributed by atoms with E-state index in [-0.39, 0.29) is 5.97 Å². The fourth-order valence-corrected chi connectivity index (χ4v) is 4.26. The van der Waals surface area contributed by atoms with Gasteiger partial charge in [0.25, 0.3) is 0 Å². The van der Waals surface area contributed by atoms with E-state index < -0.39 is 0 Å². The van der Waals surface area contributed by atoms with Gasteiger partial charge in [-0.15, -0.1) is 0 Å². The minimum absolute atomic E-state index is 0.333. The van der Waals surface area contributed by atoms with Crippen LogP contribution in [-0.2, 0) is 11.2 Å². The summed E-state index contributed by atoms with van der Waals surface area (Å²) in [7, 11) is 0. The van der Waals surface area contributed by atoms with Crippen molar-refractivity contribution in [2.45, 2.75) is 33.2 Å². The Labute approximate surface area is 134 Å². The van der Waals surface area contributed by atoms with Crippen LogP contribution in [0.5, 0.6) is 0 Å². The SMILES string of the molecule is CCOC(=O)c1c(N)sc(N2c3ccccc3CC2C)c1C. The molecule has 0 aliphatic carbocycles. The lowest BCUT2D eigenvalue weighted by atomic mass is 10.1. The molecule has 0 amide bonds. The predicted molar refractivity (Wildman–Crippen MR) is 91.2 cm³/mol. The fraction of sp³-hybridized carbons (Fsp3) is 0.353. The summed E-state index contributed by atoms with van der Waals surface area (Å²) in [5.41, 5.74) is 10.1. The van der Waals surface area contributed by atoms with Gasteiger partial charge in [0.15, 0.2) is 0 Å². The smallest absolute Gasteiger partial charge is 0.341 e. The number of hydrogen-bond acceptors (Lipinski definition) is 5. The molecule has 0 bridgehead atoms. The molecule has 0 fully saturated rings. The summed E-state index contributed by atoms with van der Waals surface area (Å²) >= 11 is 1.46. The second-order valence-corrected chi connectivity index (χ2v) is 6.57. The molecule has 1 aromatic heterocycles. The maximum absolute atomic E-state index is 12.1. The number of para-hydroxylation sites is 1. The highest BCUT2D eigenvalue weighted by atomic mass is 32.1. The van der Waals surface area contributed by atoms with E-state index in [9.17, 15) is 4.79 Å². The van der Waals surface area contributed by atoms with E-state index in [1.54, 1.807) is 6.92 Å². The standard InChI is InChI=1S/C17H20N2O2S/c1-4-21-17(20)14-11(3)16(22-15(14)18)19-10(2)9-12-7-5-6-8-13(12)19/h5-8,10H,4,9,18H2,1-3H3. The van der Waals surface area contributed by atoms with Crippen molar-refractivity contribution in [1.29, 1.82) is 0 Å². The summed E-state index contributed by atoms with van der Waals surface area (Å²) in [4.78, 5) is 14.4. The van der Waals surface area contributed by atoms with Gasteiger partial charge in [-0.05, 0) is 38.8 Å². The Morgan fingerprint density at radius 3 is 2.91 bits per heavy atom. The first kappa shape index (κ1) is 14.9. The van der Waals surface area contributed by atoms with Gasteiger partial charge in [-0.25, -0.2) is 4.79 Å². The van der Waals surface area contributed by atoms with E-state index >= 15 is 0 Å². The highest BCUT2D eigenvalue weighted by Gasteiger charge is 2.31. The normalized spacial score (nSPS) is 16.7. The third-order valence-electron chi connectivity index (χ3n) is 4.05. The largest absolute Gasteiger partial charge is 0.462 e. The molecule has 2 aromatic rings. The van der Waals surface area contributed by atoms with E-state index in [1.807, 2.05) is 13.0 Å². The number of thiophene rings is 1. The van der Waals surface area contributed by atoms with Crippen LogP contribution in [0.2, 0.25) is 0 Å². The number of carbonyl (C=O) groups excluding carboxylic acids is 1. The summed E-state index contributed by atoms with van der Waals surface area (Å²) in [5.74, 6) is -0.333. The van der Waals surface area contributed by atoms with Crippen molar-refractivity contribution in [3.05, 3.63) is 41.0 Å². The van der Waals surface area contributed by atoms with Crippen LogP contribution in [0.15, 0.2) is 24.3 Å². The van der Waals surface area contributed by atoms with Crippen molar-refractivity contribution in [3.63, 3.8) is 0 Å². The van der Waals surface area contributed by atoms with Crippen molar-refractivity contribution in [3.8, 4) is 0 Å². The third-order valence-corrected chi connectivity index (χ3v) is 5.17. The molecule has 2 heterocycles. The van der Waals surface area contributed by atoms with E-state index in [0.717, 1.165) is 17.0 Å². The summed E-state index contributed by atoms with van der Waals surface area (Å²) in [5, 5.41) is 1.57. The molecule has 1 aromatic carbocycles. The van der Waals surface area contributed by atoms with Gasteiger partial charge in [-0.2, -0.15) is 0 Å². The van der Waals surface area contributed by atoms with E-state index in [4.69, 9.17) is 10.5 Å². The van der Waals surface area contributed by atoms with Crippen LogP contribution in [-0.4, -0.2) is 18.6 Å². The summed E-state index contributed by atoms with van der Waals surface area (Å²) in [6.07, 6.45) is 1.00. The van der Waals surface area contributed by atoms with Crippen molar-refractivity contribution in [2.24, 2.45) is 0 Å². The first-order chi connectivity index (χ1) is 10.5. The second-order valence-electron chi connectivity index (χ2n) is 5.54. The van der Waals surface area contributed by atoms with Crippen LogP contribution in [0, 0.1) is 6.92 Å². The van der Waals surface area contributed by atoms with Gasteiger partial charge >= 0.3 is 5.97 Å². The molecule has 22 heavy (non-hydrogen) atoms. The molecule has 1 unspecified atom stereocenters. The first-order valence-corrected chi connectivity index (χ1v) is 8.29. The molecule has 3 rings (SSSR count). The molecule has 1 aliphatic heterocycles. The predicted octanol–water partition coefficient (Wildman–Crippen LogP) is 3.90. The fourth-order valence-electron chi connectivity index (χ4n) is 3.09. The van der Waals surface area contributed by atoms with Crippen LogP contribution in [0.25, 0.3) is 0 Å². The Morgan fingerprint density at radius 2 is 2.18 bits per heavy atom. The molecule has 1 atom stereocenters. The molecule has 4 nitrogen and oxygen atoms in total. The van der Waals surface area contributed by atoms with Crippen molar-refractivity contribution in [1.82, 2.24) is 0 Å². The summed E-state index contributed by atoms with van der Waals surface area (Å²) in [6.45, 7) is 6.29. The Bertz CT molecular complexity index is 723. The number of benzene rings is 1. The van der Waals surface area contributed by atoms with Crippen LogP contribution >= 0.6 is 11.3 Å². The number of fused-ring (bicyclic) bond motifs is 1. The highest BCUT2D eigenvalue weighted by molar-refractivity contribution is 7.20. The lowest BCUT2D eigenvalue weighted by Crippen LogP contribution is -2.23. The zero-order valence-electron chi connectivity index (χ0n) is 13.1. The van der Waals surface area contributed by atoms with E-state index in [0.29, 0.717) is 23.2 Å². The molecule has 0 saturated heterocycles. The second kappa shape index (κ2) is 5.65. The molecular weight excluding hydrogens is 296 g/mol. The van der Waals surface area contributed by atoms with Gasteiger partial charge < -0.3 is 15.4 Å². The average molecular weight is 316 g/mol. The summed E-state index contributed by atoms with van der Waals surface area (Å²) < 4.78 is 5.13. The van der Waals surface area contributed by atoms with Crippen molar-refractivity contribution < 1.29 is 9.53 Å². The molecule has 5 heteroatoms. The van der Waals surface area contributed by atoms with Gasteiger partial charge in [-0.3, -0.25) is 0 Å². The summed E-state index contributed by atoms with van der Waals surface area (Å²) in [6, 6.07) is 8.74. The number of esters is 1. The molecule has 2 N–H and O–H groups in total. The Morgan fingerprint density at radius 1 is 1.45 bits per heavy atom. The molecule has 116 valence electrons. The monoisotopic (exact) mass is 316 g/mol. The topological polar surface area (TPSA) is 55.6 Å². The van der Waals surface area contributed by atoms with Gasteiger partial charge in [-0.1, -0.05) is 29.5 Å². The first-order valence-electron chi connectivity index (χ1n) is 7.47. The molecular formula is C17H20N2O2S. The minimum Gasteiger partial charge on any atom is -0.462 e. The van der Waals surface area contributed by atoms with Crippen LogP contribution in [0.3, 0.4) is 0 Å². The van der Waals surface area contributed by atoms with Gasteiger partial charge in [0, 0.05) is 17.3 Å². The number of nitrogens with two attached hydrogens (primary N) is 1. The van der Waals surface area contributed by atoms with Gasteiger partial charge in [0.1, 0.15) is 10.0 Å². The van der Waals surface area contributed by atoms with E-state index in [1.165, 1.54) is 22.6 Å². The number of hydrogen-bond donors (Lipinski definition) is 1. The molecule has 0 saturated carbocycles. The number of ether oxygens (including phenoxy) is 1. The zero-order valence-corrected chi connectivity index (χ0v) is 13.9. The quantitative estimate of drug-likeness (QED) is 0.873. The maximum Gasteiger partial charge on any atom is 0.341 e. The number of nitrogens with zero attached hydrogens (tertiary/aromatic N) is 1. The number of anilines is 3. The zero-order chi connectivity index (χ0) is 15.9. The van der Waals surface area contributed by atoms with Crippen LogP contribution in [0.1, 0.15) is 35.3 Å². The maximum atomic E-state index is 12.1. The lowest BCUT2D eigenvalue weighted by molar-refractivity contribution is 0.0527. The van der Waals surface area contributed by atoms with Gasteiger partial charge in [0.2, 0.25) is 0 Å². The molecule has 0 spiro atoms. The Kier molecular flexibility index (Phi) is 3.83. The highest BCUT2D eigenvalue weighted by Crippen LogP contribution is 2.46. The average Bonchev–Trinajstić information content (AvgIpc) is 2.95. The molecule has 0 radical (unpaired) electrons. The number of nitrogen functional groups attached to an aromatic ring is 1. The Balaban J connectivity index is 2.07. The number of carbonyl (C=O) groups is 1.